The Labute approximate surface area is 181 Å². The van der Waals surface area contributed by atoms with Crippen molar-refractivity contribution in [2.75, 3.05) is 31.2 Å². The predicted molar refractivity (Wildman–Crippen MR) is 113 cm³/mol. The number of halogens is 3. The molecule has 2 aromatic carbocycles. The van der Waals surface area contributed by atoms with Crippen molar-refractivity contribution in [2.45, 2.75) is 6.36 Å². The zero-order chi connectivity index (χ0) is 22.1. The Balaban J connectivity index is 1.43. The van der Waals surface area contributed by atoms with Crippen molar-refractivity contribution in [3.8, 4) is 28.4 Å². The molecule has 0 saturated carbocycles. The van der Waals surface area contributed by atoms with Gasteiger partial charge in [0.2, 0.25) is 0 Å². The summed E-state index contributed by atoms with van der Waals surface area (Å²) < 4.78 is 52.9. The number of aliphatic imine (C=N–C) groups is 1. The van der Waals surface area contributed by atoms with E-state index < -0.39 is 6.36 Å². The molecule has 1 fully saturated rings. The Kier molecular flexibility index (Phi) is 5.18. The van der Waals surface area contributed by atoms with E-state index in [-0.39, 0.29) is 11.5 Å². The van der Waals surface area contributed by atoms with Gasteiger partial charge in [0.05, 0.1) is 13.2 Å². The third-order valence-corrected chi connectivity index (χ3v) is 5.15. The summed E-state index contributed by atoms with van der Waals surface area (Å²) in [5.41, 5.74) is 3.06. The van der Waals surface area contributed by atoms with E-state index in [1.54, 1.807) is 18.5 Å². The highest BCUT2D eigenvalue weighted by atomic mass is 19.4. The Morgan fingerprint density at radius 2 is 1.72 bits per heavy atom. The second kappa shape index (κ2) is 8.16. The first-order valence-corrected chi connectivity index (χ1v) is 9.99. The minimum absolute atomic E-state index is 0.188. The van der Waals surface area contributed by atoms with Gasteiger partial charge in [0.15, 0.2) is 5.75 Å². The molecule has 6 nitrogen and oxygen atoms in total. The fraction of sp³-hybridized carbons (Fsp3) is 0.217. The first-order valence-electron chi connectivity index (χ1n) is 9.99. The summed E-state index contributed by atoms with van der Waals surface area (Å²) in [5.74, 6) is 1.20. The summed E-state index contributed by atoms with van der Waals surface area (Å²) in [6.45, 7) is 2.93. The third kappa shape index (κ3) is 4.38. The molecule has 0 unspecified atom stereocenters. The van der Waals surface area contributed by atoms with E-state index in [2.05, 4.69) is 19.6 Å². The molecule has 1 saturated heterocycles. The molecule has 2 aliphatic rings. The van der Waals surface area contributed by atoms with E-state index in [1.165, 1.54) is 18.2 Å². The van der Waals surface area contributed by atoms with E-state index in [4.69, 9.17) is 9.47 Å². The van der Waals surface area contributed by atoms with Gasteiger partial charge < -0.3 is 19.1 Å². The lowest BCUT2D eigenvalue weighted by atomic mass is 10.0. The number of morpholine rings is 1. The van der Waals surface area contributed by atoms with Crippen LogP contribution >= 0.6 is 0 Å². The van der Waals surface area contributed by atoms with Gasteiger partial charge in [-0.05, 0) is 47.5 Å². The molecule has 5 rings (SSSR count). The molecule has 0 bridgehead atoms. The number of ether oxygens (including phenoxy) is 3. The highest BCUT2D eigenvalue weighted by Crippen LogP contribution is 2.40. The largest absolute Gasteiger partial charge is 0.573 e. The molecular weight excluding hydrogens is 423 g/mol. The second-order valence-corrected chi connectivity index (χ2v) is 7.29. The maximum Gasteiger partial charge on any atom is 0.573 e. The van der Waals surface area contributed by atoms with Crippen LogP contribution < -0.4 is 14.4 Å². The lowest BCUT2D eigenvalue weighted by Gasteiger charge is -2.28. The van der Waals surface area contributed by atoms with Crippen molar-refractivity contribution in [1.29, 1.82) is 0 Å². The smallest absolute Gasteiger partial charge is 0.454 e. The second-order valence-electron chi connectivity index (χ2n) is 7.29. The number of anilines is 1. The van der Waals surface area contributed by atoms with E-state index >= 15 is 0 Å². The van der Waals surface area contributed by atoms with Crippen molar-refractivity contribution in [3.63, 3.8) is 0 Å². The SMILES string of the molecule is FC(F)(F)Oc1ccc2c(c1)Oc1ccc(-c3ccnc(N4CCOCC4)c3)cc1C=N2. The van der Waals surface area contributed by atoms with Crippen LogP contribution in [-0.2, 0) is 4.74 Å². The average Bonchev–Trinajstić information content (AvgIpc) is 2.97. The van der Waals surface area contributed by atoms with Crippen molar-refractivity contribution in [1.82, 2.24) is 4.98 Å². The monoisotopic (exact) mass is 441 g/mol. The van der Waals surface area contributed by atoms with E-state index in [9.17, 15) is 13.2 Å². The Morgan fingerprint density at radius 1 is 0.906 bits per heavy atom. The molecule has 0 radical (unpaired) electrons. The summed E-state index contributed by atoms with van der Waals surface area (Å²) in [6, 6.07) is 13.4. The van der Waals surface area contributed by atoms with Gasteiger partial charge in [0, 0.05) is 37.1 Å². The fourth-order valence-corrected chi connectivity index (χ4v) is 3.62. The van der Waals surface area contributed by atoms with E-state index in [0.717, 1.165) is 30.0 Å². The number of hydrogen-bond donors (Lipinski definition) is 0. The van der Waals surface area contributed by atoms with Crippen LogP contribution in [0.15, 0.2) is 59.7 Å². The topological polar surface area (TPSA) is 56.2 Å². The summed E-state index contributed by atoms with van der Waals surface area (Å²) >= 11 is 0. The third-order valence-electron chi connectivity index (χ3n) is 5.15. The predicted octanol–water partition coefficient (Wildman–Crippen LogP) is 5.34. The van der Waals surface area contributed by atoms with Crippen LogP contribution in [0.4, 0.5) is 24.7 Å². The molecule has 1 aromatic heterocycles. The van der Waals surface area contributed by atoms with Crippen LogP contribution in [-0.4, -0.2) is 43.9 Å². The number of hydrogen-bond acceptors (Lipinski definition) is 6. The first kappa shape index (κ1) is 20.3. The molecule has 0 atom stereocenters. The first-order chi connectivity index (χ1) is 15.4. The van der Waals surface area contributed by atoms with E-state index in [1.807, 2.05) is 24.3 Å². The fourth-order valence-electron chi connectivity index (χ4n) is 3.62. The standard InChI is InChI=1S/C23H18F3N3O3/c24-23(25,26)32-18-2-3-19-21(13-18)31-20-4-1-15(11-17(20)14-28-19)16-5-6-27-22(12-16)29-7-9-30-10-8-29/h1-6,11-14H,7-10H2. The number of nitrogens with zero attached hydrogens (tertiary/aromatic N) is 3. The quantitative estimate of drug-likeness (QED) is 0.430. The summed E-state index contributed by atoms with van der Waals surface area (Å²) in [7, 11) is 0. The molecule has 0 spiro atoms. The summed E-state index contributed by atoms with van der Waals surface area (Å²) in [4.78, 5) is 11.0. The number of fused-ring (bicyclic) bond motifs is 2. The number of pyridine rings is 1. The van der Waals surface area contributed by atoms with Crippen molar-refractivity contribution >= 4 is 17.7 Å². The number of aromatic nitrogens is 1. The minimum atomic E-state index is -4.78. The molecule has 0 amide bonds. The normalized spacial score (nSPS) is 15.4. The molecular formula is C23H18F3N3O3. The summed E-state index contributed by atoms with van der Waals surface area (Å²) in [6.07, 6.45) is -1.37. The maximum absolute atomic E-state index is 12.5. The van der Waals surface area contributed by atoms with Crippen LogP contribution in [0.25, 0.3) is 11.1 Å². The molecule has 0 aliphatic carbocycles. The molecule has 3 heterocycles. The number of benzene rings is 2. The van der Waals surface area contributed by atoms with Gasteiger partial charge in [0.1, 0.15) is 23.0 Å². The van der Waals surface area contributed by atoms with Crippen LogP contribution in [0, 0.1) is 0 Å². The maximum atomic E-state index is 12.5. The van der Waals surface area contributed by atoms with Crippen molar-refractivity contribution in [3.05, 3.63) is 60.3 Å². The van der Waals surface area contributed by atoms with Gasteiger partial charge in [-0.1, -0.05) is 6.07 Å². The highest BCUT2D eigenvalue weighted by Gasteiger charge is 2.31. The van der Waals surface area contributed by atoms with Crippen LogP contribution in [0.5, 0.6) is 17.2 Å². The Hall–Kier alpha value is -3.59. The average molecular weight is 441 g/mol. The van der Waals surface area contributed by atoms with Gasteiger partial charge in [0.25, 0.3) is 0 Å². The van der Waals surface area contributed by atoms with Gasteiger partial charge in [-0.15, -0.1) is 13.2 Å². The van der Waals surface area contributed by atoms with Gasteiger partial charge in [-0.25, -0.2) is 4.98 Å². The van der Waals surface area contributed by atoms with Gasteiger partial charge in [-0.3, -0.25) is 4.99 Å². The van der Waals surface area contributed by atoms with Gasteiger partial charge in [-0.2, -0.15) is 0 Å². The van der Waals surface area contributed by atoms with Gasteiger partial charge >= 0.3 is 6.36 Å². The minimum Gasteiger partial charge on any atom is -0.454 e. The molecule has 3 aromatic rings. The lowest BCUT2D eigenvalue weighted by molar-refractivity contribution is -0.274. The van der Waals surface area contributed by atoms with Crippen molar-refractivity contribution < 1.29 is 27.4 Å². The highest BCUT2D eigenvalue weighted by molar-refractivity contribution is 5.90. The van der Waals surface area contributed by atoms with Crippen LogP contribution in [0.2, 0.25) is 0 Å². The number of rotatable bonds is 3. The lowest BCUT2D eigenvalue weighted by Crippen LogP contribution is -2.36. The Morgan fingerprint density at radius 3 is 2.53 bits per heavy atom. The molecule has 2 aliphatic heterocycles. The zero-order valence-electron chi connectivity index (χ0n) is 16.8. The van der Waals surface area contributed by atoms with Crippen LogP contribution in [0.3, 0.4) is 0 Å². The summed E-state index contributed by atoms with van der Waals surface area (Å²) in [5, 5.41) is 0. The Bertz CT molecular complexity index is 1170. The van der Waals surface area contributed by atoms with Crippen LogP contribution in [0.1, 0.15) is 5.56 Å². The zero-order valence-corrected chi connectivity index (χ0v) is 16.8. The number of alkyl halides is 3. The van der Waals surface area contributed by atoms with E-state index in [0.29, 0.717) is 30.2 Å². The molecule has 32 heavy (non-hydrogen) atoms. The molecule has 164 valence electrons. The molecule has 0 N–H and O–H groups in total. The van der Waals surface area contributed by atoms with Crippen molar-refractivity contribution in [2.24, 2.45) is 4.99 Å². The molecule has 9 heteroatoms.